The normalized spacial score (nSPS) is 23.2. The number of halogens is 6. The van der Waals surface area contributed by atoms with Crippen LogP contribution in [-0.4, -0.2) is 64.1 Å². The Morgan fingerprint density at radius 3 is 2.29 bits per heavy atom. The van der Waals surface area contributed by atoms with Crippen molar-refractivity contribution in [1.82, 2.24) is 9.62 Å². The molecule has 0 bridgehead atoms. The van der Waals surface area contributed by atoms with Crippen LogP contribution >= 0.6 is 0 Å². The molecular weight excluding hydrogens is 454 g/mol. The highest BCUT2D eigenvalue weighted by Crippen LogP contribution is 2.40. The van der Waals surface area contributed by atoms with Crippen LogP contribution in [0.3, 0.4) is 0 Å². The third-order valence-electron chi connectivity index (χ3n) is 5.37. The zero-order valence-corrected chi connectivity index (χ0v) is 17.3. The van der Waals surface area contributed by atoms with E-state index in [0.717, 1.165) is 0 Å². The lowest BCUT2D eigenvalue weighted by molar-refractivity contribution is -0.294. The summed E-state index contributed by atoms with van der Waals surface area (Å²) < 4.78 is 116. The fourth-order valence-electron chi connectivity index (χ4n) is 3.92. The van der Waals surface area contributed by atoms with Gasteiger partial charge in [0.15, 0.2) is 11.5 Å². The molecule has 2 aliphatic rings. The van der Waals surface area contributed by atoms with Gasteiger partial charge in [-0.25, -0.2) is 13.1 Å². The van der Waals surface area contributed by atoms with Gasteiger partial charge in [-0.2, -0.15) is 26.3 Å². The van der Waals surface area contributed by atoms with Crippen molar-refractivity contribution in [1.29, 1.82) is 0 Å². The summed E-state index contributed by atoms with van der Waals surface area (Å²) in [6, 6.07) is -0.466. The predicted molar refractivity (Wildman–Crippen MR) is 97.4 cm³/mol. The number of rotatable bonds is 5. The first-order valence-corrected chi connectivity index (χ1v) is 11.1. The number of sulfonamides is 1. The fourth-order valence-corrected chi connectivity index (χ4v) is 5.05. The standard InChI is InChI=1S/C18H22F6N2O4S/c1-11-8-12(4-5-26(11)16(17(19,20)21)18(22,23)24)10-25-31(27,28)13-2-3-14-15(9-13)30-7-6-29-14/h2-3,9,11-12,16,25H,4-8,10H2,1H3. The van der Waals surface area contributed by atoms with Gasteiger partial charge >= 0.3 is 12.4 Å². The molecule has 176 valence electrons. The average molecular weight is 476 g/mol. The second kappa shape index (κ2) is 8.66. The molecule has 6 nitrogen and oxygen atoms in total. The van der Waals surface area contributed by atoms with Gasteiger partial charge in [0.1, 0.15) is 13.2 Å². The van der Waals surface area contributed by atoms with E-state index in [-0.39, 0.29) is 36.6 Å². The molecule has 0 spiro atoms. The van der Waals surface area contributed by atoms with Crippen LogP contribution in [0.25, 0.3) is 0 Å². The largest absolute Gasteiger partial charge is 0.486 e. The Balaban J connectivity index is 1.62. The summed E-state index contributed by atoms with van der Waals surface area (Å²) in [4.78, 5) is 0.322. The monoisotopic (exact) mass is 476 g/mol. The number of hydrogen-bond donors (Lipinski definition) is 1. The Hall–Kier alpha value is -1.73. The first-order chi connectivity index (χ1) is 14.3. The number of benzene rings is 1. The lowest BCUT2D eigenvalue weighted by atomic mass is 9.90. The van der Waals surface area contributed by atoms with Gasteiger partial charge in [0.25, 0.3) is 0 Å². The van der Waals surface area contributed by atoms with Crippen molar-refractivity contribution in [2.45, 2.75) is 49.1 Å². The van der Waals surface area contributed by atoms with E-state index in [1.807, 2.05) is 0 Å². The first-order valence-electron chi connectivity index (χ1n) is 9.57. The lowest BCUT2D eigenvalue weighted by Gasteiger charge is -2.43. The van der Waals surface area contributed by atoms with Crippen molar-refractivity contribution in [2.24, 2.45) is 5.92 Å². The summed E-state index contributed by atoms with van der Waals surface area (Å²) in [5.41, 5.74) is 0. The van der Waals surface area contributed by atoms with E-state index in [0.29, 0.717) is 17.3 Å². The van der Waals surface area contributed by atoms with Crippen molar-refractivity contribution in [3.63, 3.8) is 0 Å². The number of nitrogens with zero attached hydrogens (tertiary/aromatic N) is 1. The SMILES string of the molecule is CC1CC(CNS(=O)(=O)c2ccc3c(c2)OCCO3)CCN1C(C(F)(F)F)C(F)(F)F. The van der Waals surface area contributed by atoms with E-state index in [2.05, 4.69) is 4.72 Å². The molecule has 0 aliphatic carbocycles. The van der Waals surface area contributed by atoms with E-state index in [9.17, 15) is 34.8 Å². The van der Waals surface area contributed by atoms with E-state index in [1.165, 1.54) is 25.1 Å². The molecule has 0 amide bonds. The van der Waals surface area contributed by atoms with Crippen LogP contribution in [0, 0.1) is 5.92 Å². The summed E-state index contributed by atoms with van der Waals surface area (Å²) >= 11 is 0. The van der Waals surface area contributed by atoms with E-state index >= 15 is 0 Å². The van der Waals surface area contributed by atoms with E-state index in [4.69, 9.17) is 9.47 Å². The van der Waals surface area contributed by atoms with Crippen LogP contribution < -0.4 is 14.2 Å². The number of hydrogen-bond acceptors (Lipinski definition) is 5. The Labute approximate surface area is 175 Å². The van der Waals surface area contributed by atoms with E-state index < -0.39 is 46.9 Å². The molecule has 0 aromatic heterocycles. The second-order valence-corrected chi connectivity index (χ2v) is 9.39. The molecule has 2 aliphatic heterocycles. The second-order valence-electron chi connectivity index (χ2n) is 7.62. The Morgan fingerprint density at radius 1 is 1.10 bits per heavy atom. The Morgan fingerprint density at radius 2 is 1.71 bits per heavy atom. The topological polar surface area (TPSA) is 67.9 Å². The van der Waals surface area contributed by atoms with Gasteiger partial charge in [0.05, 0.1) is 4.90 Å². The maximum Gasteiger partial charge on any atom is 0.412 e. The molecule has 0 radical (unpaired) electrons. The number of likely N-dealkylation sites (tertiary alicyclic amines) is 1. The number of fused-ring (bicyclic) bond motifs is 1. The summed E-state index contributed by atoms with van der Waals surface area (Å²) in [5, 5.41) is 0. The summed E-state index contributed by atoms with van der Waals surface area (Å²) in [7, 11) is -3.95. The minimum atomic E-state index is -5.45. The van der Waals surface area contributed by atoms with Gasteiger partial charge < -0.3 is 9.47 Å². The van der Waals surface area contributed by atoms with Crippen molar-refractivity contribution in [2.75, 3.05) is 26.3 Å². The molecule has 2 heterocycles. The molecule has 31 heavy (non-hydrogen) atoms. The first kappa shape index (κ1) is 23.9. The summed E-state index contributed by atoms with van der Waals surface area (Å²) in [6.07, 6.45) is -10.9. The highest BCUT2D eigenvalue weighted by atomic mass is 32.2. The van der Waals surface area contributed by atoms with Gasteiger partial charge in [0, 0.05) is 18.7 Å². The smallest absolute Gasteiger partial charge is 0.412 e. The van der Waals surface area contributed by atoms with Gasteiger partial charge in [-0.3, -0.25) is 4.90 Å². The van der Waals surface area contributed by atoms with Crippen molar-refractivity contribution in [3.8, 4) is 11.5 Å². The quantitative estimate of drug-likeness (QED) is 0.661. The molecule has 13 heteroatoms. The van der Waals surface area contributed by atoms with Crippen LogP contribution in [0.15, 0.2) is 23.1 Å². The highest BCUT2D eigenvalue weighted by Gasteiger charge is 2.60. The molecular formula is C18H22F6N2O4S. The molecule has 1 aromatic rings. The number of alkyl halides is 6. The van der Waals surface area contributed by atoms with Gasteiger partial charge in [-0.15, -0.1) is 0 Å². The minimum absolute atomic E-state index is 0.00331. The number of ether oxygens (including phenoxy) is 2. The summed E-state index contributed by atoms with van der Waals surface area (Å²) in [6.45, 7) is 1.36. The van der Waals surface area contributed by atoms with Crippen molar-refractivity contribution < 1.29 is 44.2 Å². The molecule has 1 saturated heterocycles. The van der Waals surface area contributed by atoms with Crippen LogP contribution in [-0.2, 0) is 10.0 Å². The van der Waals surface area contributed by atoms with Gasteiger partial charge in [0.2, 0.25) is 16.1 Å². The zero-order valence-electron chi connectivity index (χ0n) is 16.5. The summed E-state index contributed by atoms with van der Waals surface area (Å²) in [5.74, 6) is 0.289. The van der Waals surface area contributed by atoms with Gasteiger partial charge in [-0.05, 0) is 44.4 Å². The third kappa shape index (κ3) is 5.55. The number of piperidine rings is 1. The third-order valence-corrected chi connectivity index (χ3v) is 6.80. The van der Waals surface area contributed by atoms with Crippen LogP contribution in [0.2, 0.25) is 0 Å². The average Bonchev–Trinajstić information content (AvgIpc) is 2.66. The number of nitrogens with one attached hydrogen (secondary N) is 1. The van der Waals surface area contributed by atoms with Crippen LogP contribution in [0.1, 0.15) is 19.8 Å². The maximum atomic E-state index is 13.0. The Kier molecular flexibility index (Phi) is 6.68. The molecule has 1 N–H and O–H groups in total. The van der Waals surface area contributed by atoms with E-state index in [1.54, 1.807) is 0 Å². The van der Waals surface area contributed by atoms with Crippen molar-refractivity contribution in [3.05, 3.63) is 18.2 Å². The predicted octanol–water partition coefficient (Wildman–Crippen LogP) is 3.33. The van der Waals surface area contributed by atoms with Crippen LogP contribution in [0.5, 0.6) is 11.5 Å². The molecule has 1 aromatic carbocycles. The zero-order chi connectivity index (χ0) is 23.0. The fraction of sp³-hybridized carbons (Fsp3) is 0.667. The molecule has 2 atom stereocenters. The van der Waals surface area contributed by atoms with Gasteiger partial charge in [-0.1, -0.05) is 0 Å². The maximum absolute atomic E-state index is 13.0. The highest BCUT2D eigenvalue weighted by molar-refractivity contribution is 7.89. The lowest BCUT2D eigenvalue weighted by Crippen LogP contribution is -2.60. The Bertz CT molecular complexity index is 876. The molecule has 3 rings (SSSR count). The molecule has 1 fully saturated rings. The van der Waals surface area contributed by atoms with Crippen molar-refractivity contribution >= 4 is 10.0 Å². The minimum Gasteiger partial charge on any atom is -0.486 e. The molecule has 0 saturated carbocycles. The van der Waals surface area contributed by atoms with Crippen LogP contribution in [0.4, 0.5) is 26.3 Å². The molecule has 2 unspecified atom stereocenters.